The first-order valence-corrected chi connectivity index (χ1v) is 21.2. The van der Waals surface area contributed by atoms with Crippen LogP contribution in [0, 0.1) is 0 Å². The van der Waals surface area contributed by atoms with Gasteiger partial charge in [0, 0.05) is 32.8 Å². The fraction of sp³-hybridized carbons (Fsp3) is 0.818. The van der Waals surface area contributed by atoms with Crippen molar-refractivity contribution in [3.63, 3.8) is 0 Å². The highest BCUT2D eigenvalue weighted by atomic mass is 16.5. The third-order valence-corrected chi connectivity index (χ3v) is 9.69. The normalized spacial score (nSPS) is 16.3. The molecule has 0 amide bonds. The summed E-state index contributed by atoms with van der Waals surface area (Å²) in [4.78, 5) is 2.39. The van der Waals surface area contributed by atoms with Crippen LogP contribution in [0.4, 0.5) is 0 Å². The first-order valence-electron chi connectivity index (χ1n) is 21.2. The van der Waals surface area contributed by atoms with Gasteiger partial charge in [-0.15, -0.1) is 0 Å². The molecule has 0 radical (unpaired) electrons. The zero-order valence-corrected chi connectivity index (χ0v) is 32.6. The van der Waals surface area contributed by atoms with Crippen molar-refractivity contribution in [2.24, 2.45) is 5.73 Å². The molecular formula is C44H82N2O3. The molecule has 0 aliphatic carbocycles. The van der Waals surface area contributed by atoms with E-state index in [0.717, 1.165) is 64.8 Å². The zero-order chi connectivity index (χ0) is 35.3. The predicted molar refractivity (Wildman–Crippen MR) is 214 cm³/mol. The number of likely N-dealkylation sites (tertiary alicyclic amines) is 1. The van der Waals surface area contributed by atoms with Crippen molar-refractivity contribution < 1.29 is 14.6 Å². The number of ether oxygens (including phenoxy) is 2. The number of aliphatic hydroxyl groups is 1. The van der Waals surface area contributed by atoms with Crippen LogP contribution >= 0.6 is 0 Å². The summed E-state index contributed by atoms with van der Waals surface area (Å²) in [5, 5.41) is 9.93. The predicted octanol–water partition coefficient (Wildman–Crippen LogP) is 11.8. The molecule has 0 aromatic rings. The van der Waals surface area contributed by atoms with Gasteiger partial charge in [-0.2, -0.15) is 0 Å². The van der Waals surface area contributed by atoms with Crippen molar-refractivity contribution in [1.82, 2.24) is 4.90 Å². The van der Waals surface area contributed by atoms with Crippen molar-refractivity contribution in [1.29, 1.82) is 0 Å². The van der Waals surface area contributed by atoms with Crippen LogP contribution in [0.3, 0.4) is 0 Å². The van der Waals surface area contributed by atoms with Crippen LogP contribution in [-0.2, 0) is 9.47 Å². The molecule has 1 aliphatic rings. The van der Waals surface area contributed by atoms with Gasteiger partial charge in [0.15, 0.2) is 0 Å². The second-order valence-corrected chi connectivity index (χ2v) is 14.4. The molecule has 286 valence electrons. The van der Waals surface area contributed by atoms with E-state index in [-0.39, 0.29) is 12.2 Å². The molecule has 3 N–H and O–H groups in total. The fourth-order valence-electron chi connectivity index (χ4n) is 6.35. The van der Waals surface area contributed by atoms with Crippen molar-refractivity contribution in [3.05, 3.63) is 48.6 Å². The second-order valence-electron chi connectivity index (χ2n) is 14.4. The van der Waals surface area contributed by atoms with Crippen molar-refractivity contribution in [2.75, 3.05) is 32.8 Å². The molecule has 2 atom stereocenters. The van der Waals surface area contributed by atoms with E-state index >= 15 is 0 Å². The SMILES string of the molecule is CCCCCC=CCC=CCCCCCCCCOC(N)C(CN1CCC(O)CC1)OCCCCCCCCC=CCC=CCCCCC. The van der Waals surface area contributed by atoms with Crippen molar-refractivity contribution in [2.45, 2.75) is 199 Å². The van der Waals surface area contributed by atoms with Gasteiger partial charge in [0.2, 0.25) is 0 Å². The number of hydrogen-bond donors (Lipinski definition) is 2. The molecule has 0 aromatic carbocycles. The Labute approximate surface area is 305 Å². The number of nitrogens with zero attached hydrogens (tertiary/aromatic N) is 1. The van der Waals surface area contributed by atoms with Gasteiger partial charge in [0.05, 0.1) is 6.10 Å². The number of aliphatic hydroxyl groups excluding tert-OH is 1. The summed E-state index contributed by atoms with van der Waals surface area (Å²) in [6.07, 6.45) is 49.6. The molecule has 1 aliphatic heterocycles. The average molecular weight is 687 g/mol. The number of unbranched alkanes of at least 4 members (excludes halogenated alkanes) is 18. The first-order chi connectivity index (χ1) is 24.2. The monoisotopic (exact) mass is 687 g/mol. The van der Waals surface area contributed by atoms with Crippen molar-refractivity contribution in [3.8, 4) is 0 Å². The number of nitrogens with two attached hydrogens (primary N) is 1. The maximum Gasteiger partial charge on any atom is 0.133 e. The molecular weight excluding hydrogens is 604 g/mol. The maximum absolute atomic E-state index is 9.93. The van der Waals surface area contributed by atoms with E-state index in [9.17, 15) is 5.11 Å². The van der Waals surface area contributed by atoms with E-state index in [2.05, 4.69) is 67.4 Å². The van der Waals surface area contributed by atoms with Gasteiger partial charge in [-0.3, -0.25) is 0 Å². The molecule has 0 aromatic heterocycles. The Bertz CT molecular complexity index is 787. The fourth-order valence-corrected chi connectivity index (χ4v) is 6.35. The average Bonchev–Trinajstić information content (AvgIpc) is 3.11. The standard InChI is InChI=1S/C44H82N2O3/c1-3-5-7-9-11-13-15-17-19-21-23-25-27-29-31-33-39-48-43(41-46-37-35-42(47)36-38-46)44(45)49-40-34-32-30-28-26-24-22-20-18-16-14-12-10-8-6-4-2/h11-14,17-20,42-44,47H,3-10,15-16,21-41,45H2,1-2H3. The van der Waals surface area contributed by atoms with Gasteiger partial charge in [-0.25, -0.2) is 0 Å². The summed E-state index contributed by atoms with van der Waals surface area (Å²) >= 11 is 0. The lowest BCUT2D eigenvalue weighted by Gasteiger charge is -2.34. The van der Waals surface area contributed by atoms with Crippen molar-refractivity contribution >= 4 is 0 Å². The highest BCUT2D eigenvalue weighted by Gasteiger charge is 2.25. The lowest BCUT2D eigenvalue weighted by Crippen LogP contribution is -2.49. The van der Waals surface area contributed by atoms with Crippen LogP contribution in [0.1, 0.15) is 181 Å². The van der Waals surface area contributed by atoms with Gasteiger partial charge in [-0.1, -0.05) is 140 Å². The van der Waals surface area contributed by atoms with Gasteiger partial charge < -0.3 is 25.2 Å². The van der Waals surface area contributed by atoms with E-state index in [0.29, 0.717) is 6.61 Å². The third-order valence-electron chi connectivity index (χ3n) is 9.69. The van der Waals surface area contributed by atoms with E-state index in [4.69, 9.17) is 15.2 Å². The molecule has 5 heteroatoms. The Morgan fingerprint density at radius 3 is 1.39 bits per heavy atom. The largest absolute Gasteiger partial charge is 0.393 e. The van der Waals surface area contributed by atoms with Crippen LogP contribution in [0.15, 0.2) is 48.6 Å². The van der Waals surface area contributed by atoms with Gasteiger partial charge in [-0.05, 0) is 89.9 Å². The Kier molecular flexibility index (Phi) is 34.1. The van der Waals surface area contributed by atoms with Crippen LogP contribution in [0.2, 0.25) is 0 Å². The quantitative estimate of drug-likeness (QED) is 0.0394. The third kappa shape index (κ3) is 31.2. The number of piperidine rings is 1. The molecule has 1 heterocycles. The molecule has 0 spiro atoms. The Morgan fingerprint density at radius 2 is 0.939 bits per heavy atom. The Balaban J connectivity index is 2.12. The number of hydrogen-bond acceptors (Lipinski definition) is 5. The highest BCUT2D eigenvalue weighted by molar-refractivity contribution is 4.93. The molecule has 1 fully saturated rings. The van der Waals surface area contributed by atoms with E-state index in [1.165, 1.54) is 128 Å². The number of rotatable bonds is 35. The second kappa shape index (κ2) is 36.5. The summed E-state index contributed by atoms with van der Waals surface area (Å²) in [7, 11) is 0. The molecule has 49 heavy (non-hydrogen) atoms. The molecule has 1 saturated heterocycles. The molecule has 0 bridgehead atoms. The molecule has 1 rings (SSSR count). The molecule has 2 unspecified atom stereocenters. The zero-order valence-electron chi connectivity index (χ0n) is 32.6. The Morgan fingerprint density at radius 1 is 0.551 bits per heavy atom. The van der Waals surface area contributed by atoms with Crippen LogP contribution in [0.25, 0.3) is 0 Å². The van der Waals surface area contributed by atoms with Crippen LogP contribution in [-0.4, -0.2) is 61.3 Å². The van der Waals surface area contributed by atoms with E-state index in [1.807, 2.05) is 0 Å². The maximum atomic E-state index is 9.93. The van der Waals surface area contributed by atoms with E-state index < -0.39 is 6.23 Å². The van der Waals surface area contributed by atoms with Crippen LogP contribution < -0.4 is 5.73 Å². The summed E-state index contributed by atoms with van der Waals surface area (Å²) in [5.74, 6) is 0. The highest BCUT2D eigenvalue weighted by Crippen LogP contribution is 2.15. The minimum absolute atomic E-state index is 0.113. The lowest BCUT2D eigenvalue weighted by molar-refractivity contribution is -0.0870. The molecule has 5 nitrogen and oxygen atoms in total. The van der Waals surface area contributed by atoms with Gasteiger partial charge in [0.25, 0.3) is 0 Å². The molecule has 0 saturated carbocycles. The van der Waals surface area contributed by atoms with E-state index in [1.54, 1.807) is 0 Å². The first kappa shape index (κ1) is 45.8. The van der Waals surface area contributed by atoms with Crippen LogP contribution in [0.5, 0.6) is 0 Å². The lowest BCUT2D eigenvalue weighted by atomic mass is 10.1. The smallest absolute Gasteiger partial charge is 0.133 e. The van der Waals surface area contributed by atoms with Gasteiger partial charge >= 0.3 is 0 Å². The summed E-state index contributed by atoms with van der Waals surface area (Å²) in [6, 6.07) is 0. The van der Waals surface area contributed by atoms with Gasteiger partial charge in [0.1, 0.15) is 12.3 Å². The topological polar surface area (TPSA) is 68.0 Å². The summed E-state index contributed by atoms with van der Waals surface area (Å²) < 4.78 is 12.5. The summed E-state index contributed by atoms with van der Waals surface area (Å²) in [6.45, 7) is 8.58. The number of allylic oxidation sites excluding steroid dienone is 8. The Hall–Kier alpha value is -1.24. The minimum atomic E-state index is -0.394. The minimum Gasteiger partial charge on any atom is -0.393 e. The summed E-state index contributed by atoms with van der Waals surface area (Å²) in [5.41, 5.74) is 6.56.